The SMILES string of the molecule is OC(O)C(O)(O)OC(O)(O)CN1C(O)(O)CN(C2=Nc3ccccc3Sc3ccccc32)CC1(O)O. The molecule has 0 bridgehead atoms. The summed E-state index contributed by atoms with van der Waals surface area (Å²) in [6.45, 7) is -3.06. The van der Waals surface area contributed by atoms with Crippen molar-refractivity contribution in [2.75, 3.05) is 19.6 Å². The van der Waals surface area contributed by atoms with Crippen LogP contribution in [-0.4, -0.2) is 116 Å². The fourth-order valence-electron chi connectivity index (χ4n) is 3.87. The van der Waals surface area contributed by atoms with E-state index in [0.29, 0.717) is 11.3 Å². The van der Waals surface area contributed by atoms with Gasteiger partial charge in [0.25, 0.3) is 5.97 Å². The van der Waals surface area contributed by atoms with Crippen molar-refractivity contribution in [1.82, 2.24) is 9.80 Å². The second kappa shape index (κ2) is 9.26. The minimum absolute atomic E-state index is 0.00218. The lowest BCUT2D eigenvalue weighted by atomic mass is 10.1. The quantitative estimate of drug-likeness (QED) is 0.172. The van der Waals surface area contributed by atoms with Gasteiger partial charge in [-0.2, -0.15) is 4.90 Å². The molecule has 36 heavy (non-hydrogen) atoms. The van der Waals surface area contributed by atoms with Gasteiger partial charge >= 0.3 is 5.97 Å². The summed E-state index contributed by atoms with van der Waals surface area (Å²) in [5.74, 6) is -13.8. The van der Waals surface area contributed by atoms with E-state index in [1.54, 1.807) is 30.3 Å². The molecule has 0 amide bonds. The Morgan fingerprint density at radius 1 is 0.889 bits per heavy atom. The summed E-state index contributed by atoms with van der Waals surface area (Å²) >= 11 is 1.41. The molecule has 2 aliphatic heterocycles. The Morgan fingerprint density at radius 3 is 2.06 bits per heavy atom. The molecule has 2 heterocycles. The maximum Gasteiger partial charge on any atom is 0.336 e. The van der Waals surface area contributed by atoms with Crippen molar-refractivity contribution < 1.29 is 55.8 Å². The van der Waals surface area contributed by atoms with Gasteiger partial charge < -0.3 is 56.0 Å². The highest BCUT2D eigenvalue weighted by molar-refractivity contribution is 7.99. The molecule has 0 saturated carbocycles. The van der Waals surface area contributed by atoms with E-state index in [2.05, 4.69) is 9.73 Å². The van der Waals surface area contributed by atoms with Gasteiger partial charge in [0, 0.05) is 15.4 Å². The average Bonchev–Trinajstić information content (AvgIpc) is 2.92. The summed E-state index contributed by atoms with van der Waals surface area (Å²) in [6.07, 6.45) is -3.01. The van der Waals surface area contributed by atoms with Crippen molar-refractivity contribution in [3.05, 3.63) is 54.1 Å². The van der Waals surface area contributed by atoms with Crippen molar-refractivity contribution >= 4 is 23.3 Å². The van der Waals surface area contributed by atoms with Crippen LogP contribution in [0.4, 0.5) is 5.69 Å². The Bertz CT molecular complexity index is 1140. The molecular weight excluding hydrogens is 502 g/mol. The molecule has 2 aromatic rings. The Kier molecular flexibility index (Phi) is 6.90. The number of hydrogen-bond acceptors (Lipinski definition) is 15. The monoisotopic (exact) mass is 527 g/mol. The summed E-state index contributed by atoms with van der Waals surface area (Å²) < 4.78 is 4.02. The summed E-state index contributed by atoms with van der Waals surface area (Å²) in [4.78, 5) is 7.36. The van der Waals surface area contributed by atoms with Crippen LogP contribution in [-0.2, 0) is 4.74 Å². The zero-order valence-electron chi connectivity index (χ0n) is 18.4. The molecule has 0 spiro atoms. The molecule has 0 aromatic heterocycles. The van der Waals surface area contributed by atoms with Crippen LogP contribution in [0, 0.1) is 0 Å². The van der Waals surface area contributed by atoms with Gasteiger partial charge in [0.05, 0.1) is 25.3 Å². The molecule has 10 N–H and O–H groups in total. The van der Waals surface area contributed by atoms with Crippen molar-refractivity contribution in [3.63, 3.8) is 0 Å². The normalized spacial score (nSPS) is 20.0. The maximum absolute atomic E-state index is 10.7. The van der Waals surface area contributed by atoms with Crippen LogP contribution in [0.1, 0.15) is 5.56 Å². The van der Waals surface area contributed by atoms with Gasteiger partial charge in [-0.05, 0) is 18.2 Å². The fraction of sp³-hybridized carbons (Fsp3) is 0.381. The average molecular weight is 528 g/mol. The van der Waals surface area contributed by atoms with Gasteiger partial charge in [0.1, 0.15) is 5.84 Å². The fourth-order valence-corrected chi connectivity index (χ4v) is 4.89. The third-order valence-electron chi connectivity index (χ3n) is 5.42. The standard InChI is InChI=1S/C21H25N3O11S/c25-17(26)21(33,34)35-20(31,32)11-24-18(27,28)9-23(10-19(24,29)30)16-12-5-1-3-7-14(12)36-15-8-4-2-6-13(15)22-16/h1-8,17,25-34H,9-11H2. The first-order valence-corrected chi connectivity index (χ1v) is 11.3. The third kappa shape index (κ3) is 5.38. The molecular formula is C21H25N3O11S. The molecule has 0 radical (unpaired) electrons. The van der Waals surface area contributed by atoms with Crippen LogP contribution >= 0.6 is 11.8 Å². The van der Waals surface area contributed by atoms with Gasteiger partial charge in [-0.15, -0.1) is 0 Å². The van der Waals surface area contributed by atoms with Crippen molar-refractivity contribution in [3.8, 4) is 0 Å². The molecule has 0 unspecified atom stereocenters. The largest absolute Gasteiger partial charge is 0.362 e. The van der Waals surface area contributed by atoms with E-state index in [4.69, 9.17) is 10.2 Å². The summed E-state index contributed by atoms with van der Waals surface area (Å²) in [7, 11) is 0. The number of para-hydroxylation sites is 1. The number of rotatable bonds is 5. The topological polar surface area (TPSA) is 230 Å². The molecule has 1 fully saturated rings. The molecule has 0 aliphatic carbocycles. The van der Waals surface area contributed by atoms with Crippen molar-refractivity contribution in [2.45, 2.75) is 39.8 Å². The first-order valence-electron chi connectivity index (χ1n) is 10.4. The van der Waals surface area contributed by atoms with Crippen molar-refractivity contribution in [1.29, 1.82) is 0 Å². The van der Waals surface area contributed by atoms with Crippen LogP contribution < -0.4 is 0 Å². The lowest BCUT2D eigenvalue weighted by Crippen LogP contribution is -2.76. The number of amidine groups is 1. The number of aliphatic hydroxyl groups excluding tert-OH is 1. The van der Waals surface area contributed by atoms with Gasteiger partial charge in [-0.3, -0.25) is 4.74 Å². The number of benzene rings is 2. The zero-order valence-corrected chi connectivity index (χ0v) is 19.3. The van der Waals surface area contributed by atoms with Crippen LogP contribution in [0.5, 0.6) is 0 Å². The smallest absolute Gasteiger partial charge is 0.336 e. The van der Waals surface area contributed by atoms with Gasteiger partial charge in [0.15, 0.2) is 0 Å². The minimum atomic E-state index is -3.89. The molecule has 2 aliphatic rings. The second-order valence-corrected chi connectivity index (χ2v) is 9.45. The Hall–Kier alpha value is -2.22. The van der Waals surface area contributed by atoms with Crippen LogP contribution in [0.3, 0.4) is 0 Å². The molecule has 15 heteroatoms. The number of fused-ring (bicyclic) bond motifs is 2. The second-order valence-electron chi connectivity index (χ2n) is 8.37. The zero-order chi connectivity index (χ0) is 26.5. The third-order valence-corrected chi connectivity index (χ3v) is 6.56. The Labute approximate surface area is 207 Å². The highest BCUT2D eigenvalue weighted by atomic mass is 32.2. The Balaban J connectivity index is 1.67. The molecule has 196 valence electrons. The van der Waals surface area contributed by atoms with Crippen LogP contribution in [0.25, 0.3) is 0 Å². The van der Waals surface area contributed by atoms with E-state index in [-0.39, 0.29) is 10.7 Å². The van der Waals surface area contributed by atoms with Crippen molar-refractivity contribution in [2.24, 2.45) is 4.99 Å². The summed E-state index contributed by atoms with van der Waals surface area (Å²) in [5.41, 5.74) is 1.10. The lowest BCUT2D eigenvalue weighted by molar-refractivity contribution is -0.520. The number of nitrogens with zero attached hydrogens (tertiary/aromatic N) is 3. The van der Waals surface area contributed by atoms with E-state index in [9.17, 15) is 40.9 Å². The molecule has 1 saturated heterocycles. The number of aliphatic imine (C=N–C) groups is 1. The first kappa shape index (κ1) is 26.8. The van der Waals surface area contributed by atoms with E-state index < -0.39 is 49.7 Å². The molecule has 2 aromatic carbocycles. The number of ether oxygens (including phenoxy) is 1. The van der Waals surface area contributed by atoms with Gasteiger partial charge in [-0.1, -0.05) is 42.1 Å². The van der Waals surface area contributed by atoms with E-state index in [1.807, 2.05) is 18.2 Å². The summed E-state index contributed by atoms with van der Waals surface area (Å²) in [6, 6.07) is 14.2. The predicted molar refractivity (Wildman–Crippen MR) is 119 cm³/mol. The van der Waals surface area contributed by atoms with Crippen LogP contribution in [0.2, 0.25) is 0 Å². The Morgan fingerprint density at radius 2 is 1.44 bits per heavy atom. The first-order chi connectivity index (χ1) is 16.6. The number of hydrogen-bond donors (Lipinski definition) is 10. The van der Waals surface area contributed by atoms with E-state index in [1.165, 1.54) is 16.7 Å². The number of piperazine rings is 1. The summed E-state index contributed by atoms with van der Waals surface area (Å²) in [5, 5.41) is 99.3. The van der Waals surface area contributed by atoms with E-state index in [0.717, 1.165) is 9.79 Å². The molecule has 14 nitrogen and oxygen atoms in total. The lowest BCUT2D eigenvalue weighted by Gasteiger charge is -2.52. The maximum atomic E-state index is 10.7. The van der Waals surface area contributed by atoms with Gasteiger partial charge in [0.2, 0.25) is 18.1 Å². The highest BCUT2D eigenvalue weighted by Gasteiger charge is 2.56. The van der Waals surface area contributed by atoms with Gasteiger partial charge in [-0.25, -0.2) is 4.99 Å². The predicted octanol–water partition coefficient (Wildman–Crippen LogP) is -3.27. The van der Waals surface area contributed by atoms with Crippen LogP contribution in [0.15, 0.2) is 63.3 Å². The molecule has 4 rings (SSSR count). The molecule has 0 atom stereocenters. The number of β-amino-alcohol motifs (C(OH)–C–C–N with tert-alkyl or cyclic N) is 6. The van der Waals surface area contributed by atoms with E-state index >= 15 is 0 Å². The highest BCUT2D eigenvalue weighted by Crippen LogP contribution is 2.41. The number of aliphatic hydroxyl groups is 10. The minimum Gasteiger partial charge on any atom is -0.362 e.